The quantitative estimate of drug-likeness (QED) is 0.525. The number of benzene rings is 2. The SMILES string of the molecule is CCCCn1nc(C(=O)N/N=C(\C)c2cccc(F)c2)c2ccccc2c1=O. The molecule has 3 rings (SSSR count). The summed E-state index contributed by atoms with van der Waals surface area (Å²) in [7, 11) is 0. The summed E-state index contributed by atoms with van der Waals surface area (Å²) in [6.45, 7) is 4.12. The number of nitrogens with one attached hydrogen (secondary N) is 1. The highest BCUT2D eigenvalue weighted by atomic mass is 19.1. The molecule has 7 heteroatoms. The van der Waals surface area contributed by atoms with Gasteiger partial charge >= 0.3 is 0 Å². The zero-order valence-electron chi connectivity index (χ0n) is 15.8. The molecule has 1 heterocycles. The van der Waals surface area contributed by atoms with Crippen molar-refractivity contribution in [2.45, 2.75) is 33.2 Å². The molecule has 6 nitrogen and oxygen atoms in total. The Morgan fingerprint density at radius 3 is 2.64 bits per heavy atom. The summed E-state index contributed by atoms with van der Waals surface area (Å²) in [6, 6.07) is 12.8. The van der Waals surface area contributed by atoms with Gasteiger partial charge in [0, 0.05) is 17.5 Å². The van der Waals surface area contributed by atoms with Crippen LogP contribution in [-0.2, 0) is 6.54 Å². The van der Waals surface area contributed by atoms with E-state index >= 15 is 0 Å². The smallest absolute Gasteiger partial charge is 0.267 e. The van der Waals surface area contributed by atoms with E-state index in [9.17, 15) is 14.0 Å². The second-order valence-electron chi connectivity index (χ2n) is 6.42. The highest BCUT2D eigenvalue weighted by molar-refractivity contribution is 6.06. The maximum absolute atomic E-state index is 13.4. The first-order valence-corrected chi connectivity index (χ1v) is 9.11. The van der Waals surface area contributed by atoms with Crippen LogP contribution >= 0.6 is 0 Å². The fourth-order valence-corrected chi connectivity index (χ4v) is 2.83. The number of fused-ring (bicyclic) bond motifs is 1. The van der Waals surface area contributed by atoms with Gasteiger partial charge < -0.3 is 0 Å². The third-order valence-electron chi connectivity index (χ3n) is 4.37. The molecule has 0 aliphatic heterocycles. The van der Waals surface area contributed by atoms with Gasteiger partial charge in [-0.15, -0.1) is 0 Å². The van der Waals surface area contributed by atoms with E-state index in [-0.39, 0.29) is 17.1 Å². The standard InChI is InChI=1S/C21H21FN4O2/c1-3-4-12-26-21(28)18-11-6-5-10-17(18)19(25-26)20(27)24-23-14(2)15-8-7-9-16(22)13-15/h5-11,13H,3-4,12H2,1-2H3,(H,24,27)/b23-14+. The number of carbonyl (C=O) groups excluding carboxylic acids is 1. The van der Waals surface area contributed by atoms with Crippen LogP contribution in [0.2, 0.25) is 0 Å². The van der Waals surface area contributed by atoms with Crippen LogP contribution in [0.1, 0.15) is 42.7 Å². The summed E-state index contributed by atoms with van der Waals surface area (Å²) in [5, 5.41) is 9.23. The van der Waals surface area contributed by atoms with E-state index in [2.05, 4.69) is 15.6 Å². The highest BCUT2D eigenvalue weighted by Crippen LogP contribution is 2.13. The van der Waals surface area contributed by atoms with Crippen molar-refractivity contribution in [1.29, 1.82) is 0 Å². The maximum Gasteiger partial charge on any atom is 0.292 e. The molecule has 0 radical (unpaired) electrons. The van der Waals surface area contributed by atoms with Crippen molar-refractivity contribution in [2.24, 2.45) is 5.10 Å². The molecular formula is C21H21FN4O2. The van der Waals surface area contributed by atoms with Crippen molar-refractivity contribution in [3.63, 3.8) is 0 Å². The molecular weight excluding hydrogens is 359 g/mol. The Hall–Kier alpha value is -3.35. The zero-order valence-corrected chi connectivity index (χ0v) is 15.8. The van der Waals surface area contributed by atoms with Gasteiger partial charge in [0.05, 0.1) is 11.1 Å². The third kappa shape index (κ3) is 4.14. The Morgan fingerprint density at radius 1 is 1.18 bits per heavy atom. The van der Waals surface area contributed by atoms with Crippen LogP contribution in [0, 0.1) is 5.82 Å². The number of amides is 1. The summed E-state index contributed by atoms with van der Waals surface area (Å²) in [4.78, 5) is 25.3. The van der Waals surface area contributed by atoms with E-state index in [0.29, 0.717) is 28.6 Å². The second kappa shape index (κ2) is 8.56. The number of carbonyl (C=O) groups is 1. The van der Waals surface area contributed by atoms with Crippen molar-refractivity contribution in [1.82, 2.24) is 15.2 Å². The molecule has 0 saturated carbocycles. The summed E-state index contributed by atoms with van der Waals surface area (Å²) in [5.74, 6) is -0.911. The topological polar surface area (TPSA) is 76.3 Å². The number of hydrogen-bond donors (Lipinski definition) is 1. The minimum Gasteiger partial charge on any atom is -0.267 e. The van der Waals surface area contributed by atoms with Crippen LogP contribution < -0.4 is 11.0 Å². The molecule has 0 atom stereocenters. The van der Waals surface area contributed by atoms with Gasteiger partial charge in [-0.25, -0.2) is 14.5 Å². The zero-order chi connectivity index (χ0) is 20.1. The van der Waals surface area contributed by atoms with Crippen molar-refractivity contribution in [3.8, 4) is 0 Å². The number of hydrazone groups is 1. The number of unbranched alkanes of at least 4 members (excludes halogenated alkanes) is 1. The minimum absolute atomic E-state index is 0.127. The Labute approximate surface area is 161 Å². The van der Waals surface area contributed by atoms with Gasteiger partial charge in [0.1, 0.15) is 5.82 Å². The molecule has 0 spiro atoms. The number of aryl methyl sites for hydroxylation is 1. The predicted molar refractivity (Wildman–Crippen MR) is 107 cm³/mol. The molecule has 0 aliphatic rings. The molecule has 0 aliphatic carbocycles. The minimum atomic E-state index is -0.530. The van der Waals surface area contributed by atoms with E-state index in [1.54, 1.807) is 43.3 Å². The van der Waals surface area contributed by atoms with Crippen LogP contribution in [0.5, 0.6) is 0 Å². The van der Waals surface area contributed by atoms with Crippen LogP contribution in [0.3, 0.4) is 0 Å². The average Bonchev–Trinajstić information content (AvgIpc) is 2.71. The molecule has 1 N–H and O–H groups in total. The molecule has 0 unspecified atom stereocenters. The molecule has 3 aromatic rings. The maximum atomic E-state index is 13.4. The Balaban J connectivity index is 1.95. The lowest BCUT2D eigenvalue weighted by atomic mass is 10.1. The summed E-state index contributed by atoms with van der Waals surface area (Å²) in [6.07, 6.45) is 1.68. The van der Waals surface area contributed by atoms with Gasteiger partial charge in [0.2, 0.25) is 0 Å². The number of rotatable bonds is 6. The molecule has 144 valence electrons. The fourth-order valence-electron chi connectivity index (χ4n) is 2.83. The predicted octanol–water partition coefficient (Wildman–Crippen LogP) is 3.49. The summed E-state index contributed by atoms with van der Waals surface area (Å²) >= 11 is 0. The lowest BCUT2D eigenvalue weighted by molar-refractivity contribution is 0.0949. The van der Waals surface area contributed by atoms with Gasteiger partial charge in [0.15, 0.2) is 5.69 Å². The first kappa shape index (κ1) is 19.4. The third-order valence-corrected chi connectivity index (χ3v) is 4.37. The number of halogens is 1. The Kier molecular flexibility index (Phi) is 5.93. The molecule has 2 aromatic carbocycles. The van der Waals surface area contributed by atoms with Crippen LogP contribution in [0.25, 0.3) is 10.8 Å². The Morgan fingerprint density at radius 2 is 1.93 bits per heavy atom. The van der Waals surface area contributed by atoms with Crippen LogP contribution in [0.4, 0.5) is 4.39 Å². The molecule has 1 aromatic heterocycles. The lowest BCUT2D eigenvalue weighted by Gasteiger charge is -2.10. The summed E-state index contributed by atoms with van der Waals surface area (Å²) < 4.78 is 14.7. The first-order chi connectivity index (χ1) is 13.5. The van der Waals surface area contributed by atoms with Crippen molar-refractivity contribution in [2.75, 3.05) is 0 Å². The summed E-state index contributed by atoms with van der Waals surface area (Å²) in [5.41, 5.74) is 3.38. The van der Waals surface area contributed by atoms with Gasteiger partial charge in [0.25, 0.3) is 11.5 Å². The van der Waals surface area contributed by atoms with E-state index in [1.165, 1.54) is 16.8 Å². The van der Waals surface area contributed by atoms with Crippen molar-refractivity contribution < 1.29 is 9.18 Å². The number of nitrogens with zero attached hydrogens (tertiary/aromatic N) is 3. The average molecular weight is 380 g/mol. The largest absolute Gasteiger partial charge is 0.292 e. The van der Waals surface area contributed by atoms with Crippen LogP contribution in [0.15, 0.2) is 58.4 Å². The normalized spacial score (nSPS) is 11.6. The van der Waals surface area contributed by atoms with Crippen molar-refractivity contribution in [3.05, 3.63) is 76.0 Å². The van der Waals surface area contributed by atoms with E-state index in [1.807, 2.05) is 6.92 Å². The molecule has 0 bridgehead atoms. The second-order valence-corrected chi connectivity index (χ2v) is 6.42. The molecule has 28 heavy (non-hydrogen) atoms. The Bertz CT molecular complexity index is 1110. The van der Waals surface area contributed by atoms with Gasteiger partial charge in [-0.3, -0.25) is 9.59 Å². The fraction of sp³-hybridized carbons (Fsp3) is 0.238. The highest BCUT2D eigenvalue weighted by Gasteiger charge is 2.16. The number of aromatic nitrogens is 2. The van der Waals surface area contributed by atoms with Gasteiger partial charge in [-0.2, -0.15) is 10.2 Å². The number of hydrogen-bond acceptors (Lipinski definition) is 4. The van der Waals surface area contributed by atoms with Crippen molar-refractivity contribution >= 4 is 22.4 Å². The van der Waals surface area contributed by atoms with E-state index in [0.717, 1.165) is 12.8 Å². The molecule has 1 amide bonds. The first-order valence-electron chi connectivity index (χ1n) is 9.11. The van der Waals surface area contributed by atoms with Gasteiger partial charge in [-0.05, 0) is 31.5 Å². The van der Waals surface area contributed by atoms with E-state index < -0.39 is 5.91 Å². The van der Waals surface area contributed by atoms with Crippen LogP contribution in [-0.4, -0.2) is 21.4 Å². The lowest BCUT2D eigenvalue weighted by Crippen LogP contribution is -2.29. The van der Waals surface area contributed by atoms with Gasteiger partial charge in [-0.1, -0.05) is 43.7 Å². The molecule has 0 fully saturated rings. The monoisotopic (exact) mass is 380 g/mol. The molecule has 0 saturated heterocycles. The van der Waals surface area contributed by atoms with E-state index in [4.69, 9.17) is 0 Å².